The molecule has 22 heavy (non-hydrogen) atoms. The van der Waals surface area contributed by atoms with Gasteiger partial charge in [0.1, 0.15) is 6.04 Å². The minimum absolute atomic E-state index is 0.0515. The molecule has 5 heteroatoms. The van der Waals surface area contributed by atoms with Gasteiger partial charge in [-0.05, 0) is 12.0 Å². The molecule has 1 aromatic rings. The van der Waals surface area contributed by atoms with Crippen molar-refractivity contribution in [1.82, 2.24) is 9.80 Å². The number of amides is 2. The van der Waals surface area contributed by atoms with Crippen LogP contribution in [0.1, 0.15) is 19.4 Å². The van der Waals surface area contributed by atoms with Gasteiger partial charge < -0.3 is 10.6 Å². The summed E-state index contributed by atoms with van der Waals surface area (Å²) in [6, 6.07) is 9.79. The van der Waals surface area contributed by atoms with E-state index in [1.54, 1.807) is 4.90 Å². The Morgan fingerprint density at radius 2 is 1.91 bits per heavy atom. The lowest BCUT2D eigenvalue weighted by molar-refractivity contribution is -0.139. The Labute approximate surface area is 132 Å². The second kappa shape index (κ2) is 7.40. The SMILES string of the molecule is CC(C)C(=O)N1CCN(CCc2ccccc2)[C@H](C(N)=O)C1. The molecule has 2 amide bonds. The summed E-state index contributed by atoms with van der Waals surface area (Å²) in [7, 11) is 0. The lowest BCUT2D eigenvalue weighted by Gasteiger charge is -2.40. The fraction of sp³-hybridized carbons (Fsp3) is 0.529. The summed E-state index contributed by atoms with van der Waals surface area (Å²) in [4.78, 5) is 27.7. The van der Waals surface area contributed by atoms with Gasteiger partial charge in [-0.2, -0.15) is 0 Å². The number of piperazine rings is 1. The molecule has 5 nitrogen and oxygen atoms in total. The van der Waals surface area contributed by atoms with Gasteiger partial charge in [0.2, 0.25) is 11.8 Å². The summed E-state index contributed by atoms with van der Waals surface area (Å²) in [6.07, 6.45) is 0.878. The van der Waals surface area contributed by atoms with Crippen LogP contribution in [-0.4, -0.2) is 53.8 Å². The first-order valence-electron chi connectivity index (χ1n) is 7.85. The summed E-state index contributed by atoms with van der Waals surface area (Å²) >= 11 is 0. The van der Waals surface area contributed by atoms with E-state index in [4.69, 9.17) is 5.73 Å². The fourth-order valence-corrected chi connectivity index (χ4v) is 2.84. The summed E-state index contributed by atoms with van der Waals surface area (Å²) in [5.74, 6) is -0.312. The Kier molecular flexibility index (Phi) is 5.55. The van der Waals surface area contributed by atoms with E-state index in [0.717, 1.165) is 13.0 Å². The van der Waals surface area contributed by atoms with Crippen molar-refractivity contribution in [2.24, 2.45) is 11.7 Å². The van der Waals surface area contributed by atoms with Crippen LogP contribution in [0.3, 0.4) is 0 Å². The minimum atomic E-state index is -0.389. The Hall–Kier alpha value is -1.88. The third-order valence-corrected chi connectivity index (χ3v) is 4.16. The number of rotatable bonds is 5. The molecule has 0 aliphatic carbocycles. The van der Waals surface area contributed by atoms with Crippen molar-refractivity contribution < 1.29 is 9.59 Å². The van der Waals surface area contributed by atoms with Crippen molar-refractivity contribution >= 4 is 11.8 Å². The minimum Gasteiger partial charge on any atom is -0.368 e. The molecule has 1 atom stereocenters. The molecule has 2 N–H and O–H groups in total. The van der Waals surface area contributed by atoms with Crippen LogP contribution in [0.5, 0.6) is 0 Å². The van der Waals surface area contributed by atoms with Crippen molar-refractivity contribution in [1.29, 1.82) is 0 Å². The summed E-state index contributed by atoms with van der Waals surface area (Å²) in [5, 5.41) is 0. The zero-order valence-electron chi connectivity index (χ0n) is 13.4. The molecule has 0 radical (unpaired) electrons. The van der Waals surface area contributed by atoms with Crippen molar-refractivity contribution in [3.63, 3.8) is 0 Å². The van der Waals surface area contributed by atoms with Crippen molar-refractivity contribution in [2.45, 2.75) is 26.3 Å². The van der Waals surface area contributed by atoms with Crippen LogP contribution in [0.4, 0.5) is 0 Å². The molecule has 0 unspecified atom stereocenters. The quantitative estimate of drug-likeness (QED) is 0.878. The summed E-state index contributed by atoms with van der Waals surface area (Å²) < 4.78 is 0. The third kappa shape index (κ3) is 4.07. The first-order valence-corrected chi connectivity index (χ1v) is 7.85. The number of nitrogens with zero attached hydrogens (tertiary/aromatic N) is 2. The Balaban J connectivity index is 1.97. The largest absolute Gasteiger partial charge is 0.368 e. The average molecular weight is 303 g/mol. The average Bonchev–Trinajstić information content (AvgIpc) is 2.52. The van der Waals surface area contributed by atoms with Gasteiger partial charge in [-0.3, -0.25) is 14.5 Å². The molecule has 1 aliphatic rings. The number of hydrogen-bond donors (Lipinski definition) is 1. The number of primary amides is 1. The molecular formula is C17H25N3O2. The van der Waals surface area contributed by atoms with Crippen molar-refractivity contribution in [3.8, 4) is 0 Å². The van der Waals surface area contributed by atoms with Crippen LogP contribution >= 0.6 is 0 Å². The number of benzene rings is 1. The van der Waals surface area contributed by atoms with E-state index >= 15 is 0 Å². The first-order chi connectivity index (χ1) is 10.5. The maximum atomic E-state index is 12.1. The molecule has 0 spiro atoms. The van der Waals surface area contributed by atoms with Gasteiger partial charge in [-0.25, -0.2) is 0 Å². The number of carbonyl (C=O) groups is 2. The smallest absolute Gasteiger partial charge is 0.236 e. The Morgan fingerprint density at radius 1 is 1.23 bits per heavy atom. The Bertz CT molecular complexity index is 516. The summed E-state index contributed by atoms with van der Waals surface area (Å²) in [6.45, 7) is 6.30. The Morgan fingerprint density at radius 3 is 2.50 bits per heavy atom. The monoisotopic (exact) mass is 303 g/mol. The molecule has 1 heterocycles. The maximum absolute atomic E-state index is 12.1. The van der Waals surface area contributed by atoms with Crippen LogP contribution in [0.25, 0.3) is 0 Å². The topological polar surface area (TPSA) is 66.6 Å². The van der Waals surface area contributed by atoms with E-state index in [9.17, 15) is 9.59 Å². The highest BCUT2D eigenvalue weighted by Crippen LogP contribution is 2.14. The standard InChI is InChI=1S/C17H25N3O2/c1-13(2)17(22)20-11-10-19(15(12-20)16(18)21)9-8-14-6-4-3-5-7-14/h3-7,13,15H,8-12H2,1-2H3,(H2,18,21)/t15-/m0/s1. The molecule has 1 aromatic carbocycles. The number of carbonyl (C=O) groups excluding carboxylic acids is 2. The predicted molar refractivity (Wildman–Crippen MR) is 86.1 cm³/mol. The van der Waals surface area contributed by atoms with E-state index < -0.39 is 0 Å². The van der Waals surface area contributed by atoms with Gasteiger partial charge in [0.15, 0.2) is 0 Å². The van der Waals surface area contributed by atoms with Gasteiger partial charge in [0.25, 0.3) is 0 Å². The highest BCUT2D eigenvalue weighted by atomic mass is 16.2. The van der Waals surface area contributed by atoms with E-state index in [-0.39, 0.29) is 23.8 Å². The predicted octanol–water partition coefficient (Wildman–Crippen LogP) is 0.883. The number of hydrogen-bond acceptors (Lipinski definition) is 3. The molecule has 2 rings (SSSR count). The second-order valence-corrected chi connectivity index (χ2v) is 6.13. The second-order valence-electron chi connectivity index (χ2n) is 6.13. The lowest BCUT2D eigenvalue weighted by atomic mass is 10.1. The van der Waals surface area contributed by atoms with Gasteiger partial charge >= 0.3 is 0 Å². The van der Waals surface area contributed by atoms with E-state index in [2.05, 4.69) is 17.0 Å². The first kappa shape index (κ1) is 16.5. The molecule has 1 fully saturated rings. The zero-order valence-corrected chi connectivity index (χ0v) is 13.4. The fourth-order valence-electron chi connectivity index (χ4n) is 2.84. The van der Waals surface area contributed by atoms with Crippen LogP contribution in [0, 0.1) is 5.92 Å². The van der Waals surface area contributed by atoms with Gasteiger partial charge in [0, 0.05) is 32.1 Å². The normalized spacial score (nSPS) is 19.4. The van der Waals surface area contributed by atoms with Gasteiger partial charge in [-0.15, -0.1) is 0 Å². The van der Waals surface area contributed by atoms with E-state index in [1.807, 2.05) is 32.0 Å². The lowest BCUT2D eigenvalue weighted by Crippen LogP contribution is -2.60. The highest BCUT2D eigenvalue weighted by Gasteiger charge is 2.33. The molecule has 0 aromatic heterocycles. The van der Waals surface area contributed by atoms with Crippen LogP contribution in [-0.2, 0) is 16.0 Å². The van der Waals surface area contributed by atoms with E-state index in [0.29, 0.717) is 19.6 Å². The molecular weight excluding hydrogens is 278 g/mol. The van der Waals surface area contributed by atoms with Crippen LogP contribution < -0.4 is 5.73 Å². The molecule has 1 aliphatic heterocycles. The molecule has 0 saturated carbocycles. The van der Waals surface area contributed by atoms with Gasteiger partial charge in [0.05, 0.1) is 0 Å². The molecule has 1 saturated heterocycles. The van der Waals surface area contributed by atoms with Gasteiger partial charge in [-0.1, -0.05) is 44.2 Å². The number of nitrogens with two attached hydrogens (primary N) is 1. The van der Waals surface area contributed by atoms with E-state index in [1.165, 1.54) is 5.56 Å². The molecule has 0 bridgehead atoms. The molecule has 120 valence electrons. The highest BCUT2D eigenvalue weighted by molar-refractivity contribution is 5.83. The third-order valence-electron chi connectivity index (χ3n) is 4.16. The van der Waals surface area contributed by atoms with Crippen LogP contribution in [0.15, 0.2) is 30.3 Å². The summed E-state index contributed by atoms with van der Waals surface area (Å²) in [5.41, 5.74) is 6.79. The zero-order chi connectivity index (χ0) is 16.1. The van der Waals surface area contributed by atoms with Crippen molar-refractivity contribution in [3.05, 3.63) is 35.9 Å². The van der Waals surface area contributed by atoms with Crippen molar-refractivity contribution in [2.75, 3.05) is 26.2 Å². The van der Waals surface area contributed by atoms with Crippen LogP contribution in [0.2, 0.25) is 0 Å². The maximum Gasteiger partial charge on any atom is 0.236 e.